The second kappa shape index (κ2) is 6.65. The predicted octanol–water partition coefficient (Wildman–Crippen LogP) is 2.25. The number of benzene rings is 1. The fraction of sp³-hybridized carbons (Fsp3) is 0.154. The molecular weight excluding hydrogens is 301 g/mol. The van der Waals surface area contributed by atoms with Gasteiger partial charge in [-0.05, 0) is 11.6 Å². The van der Waals surface area contributed by atoms with Crippen LogP contribution in [0.3, 0.4) is 0 Å². The fourth-order valence-electron chi connectivity index (χ4n) is 1.54. The van der Waals surface area contributed by atoms with Crippen LogP contribution in [0.2, 0.25) is 10.2 Å². The Balaban J connectivity index is 1.97. The fourth-order valence-corrected chi connectivity index (χ4v) is 1.77. The van der Waals surface area contributed by atoms with E-state index < -0.39 is 12.0 Å². The highest BCUT2D eigenvalue weighted by atomic mass is 35.5. The van der Waals surface area contributed by atoms with Crippen molar-refractivity contribution in [2.24, 2.45) is 0 Å². The summed E-state index contributed by atoms with van der Waals surface area (Å²) in [5.41, 5.74) is 0.757. The van der Waals surface area contributed by atoms with E-state index in [1.807, 2.05) is 18.2 Å². The first-order valence-corrected chi connectivity index (χ1v) is 6.53. The van der Waals surface area contributed by atoms with Crippen molar-refractivity contribution < 1.29 is 9.90 Å². The SMILES string of the molecule is O=C(NCC(O)c1ccccc1)c1cc(Cl)c(Cl)nn1. The summed E-state index contributed by atoms with van der Waals surface area (Å²) in [5, 5.41) is 19.8. The Morgan fingerprint density at radius 3 is 2.60 bits per heavy atom. The van der Waals surface area contributed by atoms with Crippen LogP contribution in [0.1, 0.15) is 22.2 Å². The minimum absolute atomic E-state index is 0.0348. The predicted molar refractivity (Wildman–Crippen MR) is 75.8 cm³/mol. The highest BCUT2D eigenvalue weighted by molar-refractivity contribution is 6.41. The van der Waals surface area contributed by atoms with Crippen LogP contribution >= 0.6 is 23.2 Å². The lowest BCUT2D eigenvalue weighted by Gasteiger charge is -2.11. The standard InChI is InChI=1S/C13H11Cl2N3O2/c14-9-6-10(17-18-12(9)15)13(20)16-7-11(19)8-4-2-1-3-5-8/h1-6,11,19H,7H2,(H,16,20). The van der Waals surface area contributed by atoms with Gasteiger partial charge in [0.1, 0.15) is 0 Å². The minimum Gasteiger partial charge on any atom is -0.387 e. The molecule has 2 N–H and O–H groups in total. The van der Waals surface area contributed by atoms with Crippen LogP contribution in [-0.2, 0) is 0 Å². The zero-order valence-electron chi connectivity index (χ0n) is 10.3. The first-order valence-electron chi connectivity index (χ1n) is 5.78. The maximum atomic E-state index is 11.8. The maximum Gasteiger partial charge on any atom is 0.271 e. The number of nitrogens with zero attached hydrogens (tertiary/aromatic N) is 2. The van der Waals surface area contributed by atoms with E-state index in [9.17, 15) is 9.90 Å². The van der Waals surface area contributed by atoms with Crippen molar-refractivity contribution in [1.82, 2.24) is 15.5 Å². The molecule has 2 aromatic rings. The van der Waals surface area contributed by atoms with Gasteiger partial charge in [-0.3, -0.25) is 4.79 Å². The van der Waals surface area contributed by atoms with E-state index >= 15 is 0 Å². The number of rotatable bonds is 4. The Morgan fingerprint density at radius 2 is 1.95 bits per heavy atom. The van der Waals surface area contributed by atoms with Crippen LogP contribution in [0.25, 0.3) is 0 Å². The molecule has 2 rings (SSSR count). The van der Waals surface area contributed by atoms with E-state index in [4.69, 9.17) is 23.2 Å². The monoisotopic (exact) mass is 311 g/mol. The molecule has 0 aliphatic heterocycles. The number of aliphatic hydroxyl groups excluding tert-OH is 1. The summed E-state index contributed by atoms with van der Waals surface area (Å²) in [5.74, 6) is -0.481. The number of amides is 1. The van der Waals surface area contributed by atoms with E-state index in [1.165, 1.54) is 6.07 Å². The second-order valence-corrected chi connectivity index (χ2v) is 4.77. The number of aliphatic hydroxyl groups is 1. The molecule has 0 aliphatic carbocycles. The lowest BCUT2D eigenvalue weighted by atomic mass is 10.1. The molecule has 7 heteroatoms. The van der Waals surface area contributed by atoms with Crippen LogP contribution in [0, 0.1) is 0 Å². The molecule has 0 saturated heterocycles. The van der Waals surface area contributed by atoms with Gasteiger partial charge in [-0.1, -0.05) is 53.5 Å². The summed E-state index contributed by atoms with van der Waals surface area (Å²) >= 11 is 11.4. The Kier molecular flexibility index (Phi) is 4.89. The van der Waals surface area contributed by atoms with Crippen molar-refractivity contribution in [2.75, 3.05) is 6.54 Å². The van der Waals surface area contributed by atoms with Gasteiger partial charge in [0.2, 0.25) is 0 Å². The molecule has 1 heterocycles. The molecule has 1 atom stereocenters. The average Bonchev–Trinajstić information content (AvgIpc) is 2.48. The number of halogens is 2. The van der Waals surface area contributed by atoms with Crippen LogP contribution in [-0.4, -0.2) is 27.8 Å². The molecular formula is C13H11Cl2N3O2. The molecule has 1 unspecified atom stereocenters. The van der Waals surface area contributed by atoms with Crippen molar-refractivity contribution in [1.29, 1.82) is 0 Å². The molecule has 0 bridgehead atoms. The summed E-state index contributed by atoms with van der Waals surface area (Å²) in [4.78, 5) is 11.8. The molecule has 1 aromatic heterocycles. The van der Waals surface area contributed by atoms with Gasteiger partial charge in [-0.25, -0.2) is 0 Å². The first kappa shape index (κ1) is 14.7. The van der Waals surface area contributed by atoms with Crippen molar-refractivity contribution in [2.45, 2.75) is 6.10 Å². The van der Waals surface area contributed by atoms with E-state index in [-0.39, 0.29) is 22.4 Å². The summed E-state index contributed by atoms with van der Waals surface area (Å²) in [7, 11) is 0. The van der Waals surface area contributed by atoms with E-state index in [0.29, 0.717) is 5.56 Å². The number of aromatic nitrogens is 2. The Morgan fingerprint density at radius 1 is 1.25 bits per heavy atom. The molecule has 104 valence electrons. The topological polar surface area (TPSA) is 75.1 Å². The molecule has 5 nitrogen and oxygen atoms in total. The molecule has 1 aromatic carbocycles. The molecule has 20 heavy (non-hydrogen) atoms. The van der Waals surface area contributed by atoms with Crippen LogP contribution in [0.5, 0.6) is 0 Å². The minimum atomic E-state index is -0.795. The first-order chi connectivity index (χ1) is 9.58. The van der Waals surface area contributed by atoms with Crippen molar-refractivity contribution in [3.8, 4) is 0 Å². The van der Waals surface area contributed by atoms with Crippen molar-refractivity contribution in [3.05, 3.63) is 57.8 Å². The average molecular weight is 312 g/mol. The van der Waals surface area contributed by atoms with Gasteiger partial charge in [0.05, 0.1) is 11.1 Å². The molecule has 1 amide bonds. The molecule has 0 aliphatic rings. The number of hydrogen-bond acceptors (Lipinski definition) is 4. The zero-order chi connectivity index (χ0) is 14.5. The zero-order valence-corrected chi connectivity index (χ0v) is 11.8. The third kappa shape index (κ3) is 3.66. The van der Waals surface area contributed by atoms with Crippen LogP contribution in [0.15, 0.2) is 36.4 Å². The normalized spacial score (nSPS) is 11.9. The van der Waals surface area contributed by atoms with E-state index in [0.717, 1.165) is 0 Å². The maximum absolute atomic E-state index is 11.8. The highest BCUT2D eigenvalue weighted by Gasteiger charge is 2.13. The Hall–Kier alpha value is -1.69. The largest absolute Gasteiger partial charge is 0.387 e. The summed E-state index contributed by atoms with van der Waals surface area (Å²) in [6.07, 6.45) is -0.795. The molecule has 0 radical (unpaired) electrons. The number of hydrogen-bond donors (Lipinski definition) is 2. The van der Waals surface area contributed by atoms with Gasteiger partial charge in [0, 0.05) is 6.54 Å². The van der Waals surface area contributed by atoms with Gasteiger partial charge in [-0.15, -0.1) is 10.2 Å². The van der Waals surface area contributed by atoms with E-state index in [2.05, 4.69) is 15.5 Å². The van der Waals surface area contributed by atoms with Gasteiger partial charge in [0.15, 0.2) is 10.8 Å². The highest BCUT2D eigenvalue weighted by Crippen LogP contribution is 2.18. The lowest BCUT2D eigenvalue weighted by Crippen LogP contribution is -2.29. The third-order valence-electron chi connectivity index (χ3n) is 2.58. The van der Waals surface area contributed by atoms with Gasteiger partial charge in [0.25, 0.3) is 5.91 Å². The van der Waals surface area contributed by atoms with Crippen LogP contribution in [0.4, 0.5) is 0 Å². The molecule has 0 spiro atoms. The third-order valence-corrected chi connectivity index (χ3v) is 3.24. The van der Waals surface area contributed by atoms with E-state index in [1.54, 1.807) is 12.1 Å². The Labute approximate surface area is 125 Å². The van der Waals surface area contributed by atoms with Gasteiger partial charge >= 0.3 is 0 Å². The molecule has 0 saturated carbocycles. The smallest absolute Gasteiger partial charge is 0.271 e. The number of carbonyl (C=O) groups is 1. The number of carbonyl (C=O) groups excluding carboxylic acids is 1. The quantitative estimate of drug-likeness (QED) is 0.908. The van der Waals surface area contributed by atoms with Crippen molar-refractivity contribution in [3.63, 3.8) is 0 Å². The summed E-state index contributed by atoms with van der Waals surface area (Å²) < 4.78 is 0. The van der Waals surface area contributed by atoms with Gasteiger partial charge in [-0.2, -0.15) is 0 Å². The molecule has 0 fully saturated rings. The second-order valence-electron chi connectivity index (χ2n) is 4.00. The summed E-state index contributed by atoms with van der Waals surface area (Å²) in [6, 6.07) is 10.3. The van der Waals surface area contributed by atoms with Crippen molar-refractivity contribution >= 4 is 29.1 Å². The van der Waals surface area contributed by atoms with Crippen LogP contribution < -0.4 is 5.32 Å². The van der Waals surface area contributed by atoms with Gasteiger partial charge < -0.3 is 10.4 Å². The summed E-state index contributed by atoms with van der Waals surface area (Å²) in [6.45, 7) is 0.0603. The lowest BCUT2D eigenvalue weighted by molar-refractivity contribution is 0.0910. The Bertz CT molecular complexity index is 608. The number of nitrogens with one attached hydrogen (secondary N) is 1.